The number of hydrogen-bond donors (Lipinski definition) is 0. The van der Waals surface area contributed by atoms with E-state index >= 15 is 0 Å². The second-order valence-electron chi connectivity index (χ2n) is 3.33. The molecule has 0 aromatic heterocycles. The molecule has 16 heavy (non-hydrogen) atoms. The molecule has 84 valence electrons. The molecule has 1 atom stereocenters. The summed E-state index contributed by atoms with van der Waals surface area (Å²) in [5.74, 6) is 0. The summed E-state index contributed by atoms with van der Waals surface area (Å²) in [6.07, 6.45) is -0.104. The van der Waals surface area contributed by atoms with Crippen LogP contribution in [0.2, 0.25) is 0 Å². The molecule has 0 radical (unpaired) electrons. The first-order valence-corrected chi connectivity index (χ1v) is 6.04. The van der Waals surface area contributed by atoms with Crippen LogP contribution in [0, 0.1) is 11.3 Å². The van der Waals surface area contributed by atoms with Crippen LogP contribution < -0.4 is 0 Å². The topological polar surface area (TPSA) is 79.7 Å². The molecule has 0 saturated carbocycles. The lowest BCUT2D eigenvalue weighted by Crippen LogP contribution is -2.10. The molecule has 0 unspecified atom stereocenters. The van der Waals surface area contributed by atoms with E-state index in [0.29, 0.717) is 12.2 Å². The van der Waals surface area contributed by atoms with Crippen LogP contribution in [0.3, 0.4) is 0 Å². The third-order valence-electron chi connectivity index (χ3n) is 2.08. The highest BCUT2D eigenvalue weighted by Gasteiger charge is 2.26. The van der Waals surface area contributed by atoms with Crippen molar-refractivity contribution in [2.24, 2.45) is 0 Å². The first-order valence-electron chi connectivity index (χ1n) is 4.63. The average Bonchev–Trinajstić information content (AvgIpc) is 3.10. The Morgan fingerprint density at radius 3 is 2.56 bits per heavy atom. The van der Waals surface area contributed by atoms with E-state index in [0.717, 1.165) is 0 Å². The number of hydrogen-bond acceptors (Lipinski definition) is 5. The number of epoxide rings is 1. The number of nitriles is 1. The molecule has 6 heteroatoms. The molecule has 1 saturated heterocycles. The summed E-state index contributed by atoms with van der Waals surface area (Å²) in [6.45, 7) is 0.589. The van der Waals surface area contributed by atoms with Crippen LogP contribution in [-0.2, 0) is 19.0 Å². The average molecular weight is 239 g/mol. The Balaban J connectivity index is 2.11. The fourth-order valence-corrected chi connectivity index (χ4v) is 2.03. The highest BCUT2D eigenvalue weighted by atomic mass is 32.2. The molecule has 1 fully saturated rings. The van der Waals surface area contributed by atoms with Crippen molar-refractivity contribution in [2.45, 2.75) is 11.0 Å². The van der Waals surface area contributed by atoms with Crippen molar-refractivity contribution < 1.29 is 17.3 Å². The lowest BCUT2D eigenvalue weighted by atomic mass is 10.2. The van der Waals surface area contributed by atoms with E-state index in [1.54, 1.807) is 0 Å². The molecule has 5 nitrogen and oxygen atoms in total. The maximum absolute atomic E-state index is 11.6. The molecular formula is C10H9NO4S. The van der Waals surface area contributed by atoms with Crippen LogP contribution in [0.4, 0.5) is 0 Å². The quantitative estimate of drug-likeness (QED) is 0.569. The molecule has 0 aliphatic carbocycles. The van der Waals surface area contributed by atoms with Crippen LogP contribution in [0.5, 0.6) is 0 Å². The van der Waals surface area contributed by atoms with Crippen molar-refractivity contribution in [3.63, 3.8) is 0 Å². The Hall–Kier alpha value is -1.42. The van der Waals surface area contributed by atoms with Gasteiger partial charge >= 0.3 is 0 Å². The second kappa shape index (κ2) is 4.22. The van der Waals surface area contributed by atoms with Crippen molar-refractivity contribution >= 4 is 10.1 Å². The summed E-state index contributed by atoms with van der Waals surface area (Å²) in [4.78, 5) is 0.0483. The summed E-state index contributed by atoms with van der Waals surface area (Å²) >= 11 is 0. The fourth-order valence-electron chi connectivity index (χ4n) is 1.09. The van der Waals surface area contributed by atoms with Crippen LogP contribution in [0.25, 0.3) is 0 Å². The van der Waals surface area contributed by atoms with E-state index in [1.165, 1.54) is 24.3 Å². The highest BCUT2D eigenvalue weighted by Crippen LogP contribution is 2.16. The zero-order valence-corrected chi connectivity index (χ0v) is 9.11. The molecule has 0 bridgehead atoms. The Labute approximate surface area is 93.3 Å². The van der Waals surface area contributed by atoms with Gasteiger partial charge in [-0.25, -0.2) is 0 Å². The molecule has 1 aliphatic rings. The zero-order chi connectivity index (χ0) is 11.6. The third kappa shape index (κ3) is 2.58. The summed E-state index contributed by atoms with van der Waals surface area (Å²) in [6, 6.07) is 7.48. The zero-order valence-electron chi connectivity index (χ0n) is 8.29. The highest BCUT2D eigenvalue weighted by molar-refractivity contribution is 7.86. The van der Waals surface area contributed by atoms with Gasteiger partial charge in [0.1, 0.15) is 6.10 Å². The number of nitrogens with zero attached hydrogens (tertiary/aromatic N) is 1. The minimum absolute atomic E-state index is 0.0440. The van der Waals surface area contributed by atoms with Crippen molar-refractivity contribution in [1.82, 2.24) is 0 Å². The van der Waals surface area contributed by atoms with Crippen LogP contribution in [-0.4, -0.2) is 27.7 Å². The molecule has 1 aromatic carbocycles. The van der Waals surface area contributed by atoms with Gasteiger partial charge in [0.15, 0.2) is 0 Å². The van der Waals surface area contributed by atoms with E-state index in [2.05, 4.69) is 0 Å². The van der Waals surface area contributed by atoms with Crippen molar-refractivity contribution in [3.8, 4) is 6.07 Å². The smallest absolute Gasteiger partial charge is 0.297 e. The van der Waals surface area contributed by atoms with E-state index in [-0.39, 0.29) is 17.6 Å². The third-order valence-corrected chi connectivity index (χ3v) is 3.38. The minimum Gasteiger partial charge on any atom is -0.371 e. The van der Waals surface area contributed by atoms with Crippen LogP contribution in [0.15, 0.2) is 29.2 Å². The van der Waals surface area contributed by atoms with Crippen molar-refractivity contribution in [2.75, 3.05) is 13.2 Å². The van der Waals surface area contributed by atoms with Gasteiger partial charge in [-0.15, -0.1) is 0 Å². The molecular weight excluding hydrogens is 230 g/mol. The van der Waals surface area contributed by atoms with Gasteiger partial charge in [-0.05, 0) is 24.3 Å². The van der Waals surface area contributed by atoms with Gasteiger partial charge in [-0.3, -0.25) is 4.18 Å². The molecule has 0 amide bonds. The van der Waals surface area contributed by atoms with Gasteiger partial charge in [-0.1, -0.05) is 0 Å². The van der Waals surface area contributed by atoms with Crippen molar-refractivity contribution in [1.29, 1.82) is 5.26 Å². The van der Waals surface area contributed by atoms with E-state index in [4.69, 9.17) is 14.2 Å². The normalized spacial score (nSPS) is 19.1. The lowest BCUT2D eigenvalue weighted by Gasteiger charge is -2.03. The molecule has 2 rings (SSSR count). The van der Waals surface area contributed by atoms with Crippen molar-refractivity contribution in [3.05, 3.63) is 29.8 Å². The fraction of sp³-hybridized carbons (Fsp3) is 0.300. The predicted octanol–water partition coefficient (Wildman–Crippen LogP) is 0.662. The Morgan fingerprint density at radius 2 is 2.06 bits per heavy atom. The predicted molar refractivity (Wildman–Crippen MR) is 54.0 cm³/mol. The Morgan fingerprint density at radius 1 is 1.44 bits per heavy atom. The first kappa shape index (κ1) is 11.1. The van der Waals surface area contributed by atoms with E-state index < -0.39 is 10.1 Å². The summed E-state index contributed by atoms with van der Waals surface area (Å²) in [7, 11) is -3.73. The lowest BCUT2D eigenvalue weighted by molar-refractivity contribution is 0.266. The Kier molecular flexibility index (Phi) is 2.92. The molecule has 1 aromatic rings. The largest absolute Gasteiger partial charge is 0.371 e. The van der Waals surface area contributed by atoms with Crippen LogP contribution in [0.1, 0.15) is 5.56 Å². The maximum Gasteiger partial charge on any atom is 0.297 e. The number of ether oxygens (including phenoxy) is 1. The Bertz CT molecular complexity index is 511. The van der Waals surface area contributed by atoms with E-state index in [9.17, 15) is 8.42 Å². The van der Waals surface area contributed by atoms with Gasteiger partial charge in [0.25, 0.3) is 10.1 Å². The van der Waals surface area contributed by atoms with Gasteiger partial charge in [0.2, 0.25) is 0 Å². The van der Waals surface area contributed by atoms with Gasteiger partial charge < -0.3 is 4.74 Å². The summed E-state index contributed by atoms with van der Waals surface area (Å²) in [5.41, 5.74) is 0.407. The minimum atomic E-state index is -3.73. The summed E-state index contributed by atoms with van der Waals surface area (Å²) < 4.78 is 32.8. The molecule has 1 heterocycles. The molecule has 1 aliphatic heterocycles. The molecule has 0 spiro atoms. The second-order valence-corrected chi connectivity index (χ2v) is 4.95. The van der Waals surface area contributed by atoms with Gasteiger partial charge in [-0.2, -0.15) is 13.7 Å². The number of rotatable bonds is 4. The van der Waals surface area contributed by atoms with Gasteiger partial charge in [0, 0.05) is 0 Å². The first-order chi connectivity index (χ1) is 7.62. The van der Waals surface area contributed by atoms with Crippen LogP contribution >= 0.6 is 0 Å². The van der Waals surface area contributed by atoms with Gasteiger partial charge in [0.05, 0.1) is 29.7 Å². The SMILES string of the molecule is N#Cc1ccc(S(=O)(=O)OC[C@@H]2CO2)cc1. The van der Waals surface area contributed by atoms with E-state index in [1.807, 2.05) is 6.07 Å². The monoisotopic (exact) mass is 239 g/mol. The molecule has 0 N–H and O–H groups in total. The number of benzene rings is 1. The summed E-state index contributed by atoms with van der Waals surface area (Å²) in [5, 5.41) is 8.57. The standard InChI is InChI=1S/C10H9NO4S/c11-5-8-1-3-10(4-2-8)16(12,13)15-7-9-6-14-9/h1-4,9H,6-7H2/t9-/m0/s1. The maximum atomic E-state index is 11.6.